The maximum absolute atomic E-state index is 13.8. The number of rotatable bonds is 3. The van der Waals surface area contributed by atoms with Gasteiger partial charge in [0.15, 0.2) is 11.6 Å². The number of aryl methyl sites for hydroxylation is 1. The van der Waals surface area contributed by atoms with Crippen molar-refractivity contribution in [2.45, 2.75) is 13.5 Å². The highest BCUT2D eigenvalue weighted by molar-refractivity contribution is 5.38. The molecule has 0 amide bonds. The lowest BCUT2D eigenvalue weighted by atomic mass is 10.1. The molecule has 0 saturated heterocycles. The SMILES string of the molecule is Cc1cccc(OCc2ccc(F)c(C#CCO)c2)c1F. The second-order valence-corrected chi connectivity index (χ2v) is 4.45. The monoisotopic (exact) mass is 288 g/mol. The first-order valence-corrected chi connectivity index (χ1v) is 6.38. The number of hydrogen-bond donors (Lipinski definition) is 1. The van der Waals surface area contributed by atoms with E-state index >= 15 is 0 Å². The van der Waals surface area contributed by atoms with Gasteiger partial charge in [-0.25, -0.2) is 8.78 Å². The Hall–Kier alpha value is -2.38. The number of aliphatic hydroxyl groups excluding tert-OH is 1. The van der Waals surface area contributed by atoms with Gasteiger partial charge in [0.1, 0.15) is 19.0 Å². The Bertz CT molecular complexity index is 700. The van der Waals surface area contributed by atoms with E-state index in [1.54, 1.807) is 31.2 Å². The predicted octanol–water partition coefficient (Wildman–Crippen LogP) is 3.20. The molecule has 0 fully saturated rings. The van der Waals surface area contributed by atoms with Crippen LogP contribution in [0, 0.1) is 30.4 Å². The van der Waals surface area contributed by atoms with Crippen LogP contribution in [0.5, 0.6) is 5.75 Å². The minimum Gasteiger partial charge on any atom is -0.486 e. The van der Waals surface area contributed by atoms with Crippen LogP contribution < -0.4 is 4.74 Å². The molecule has 2 rings (SSSR count). The van der Waals surface area contributed by atoms with E-state index < -0.39 is 11.6 Å². The largest absolute Gasteiger partial charge is 0.486 e. The molecule has 0 spiro atoms. The first kappa shape index (κ1) is 15.0. The van der Waals surface area contributed by atoms with Gasteiger partial charge in [-0.05, 0) is 36.2 Å². The number of ether oxygens (including phenoxy) is 1. The Balaban J connectivity index is 2.15. The van der Waals surface area contributed by atoms with Crippen molar-refractivity contribution in [3.05, 3.63) is 64.7 Å². The molecule has 2 aromatic rings. The van der Waals surface area contributed by atoms with Crippen LogP contribution in [0.15, 0.2) is 36.4 Å². The van der Waals surface area contributed by atoms with Gasteiger partial charge in [-0.3, -0.25) is 0 Å². The van der Waals surface area contributed by atoms with Crippen LogP contribution in [0.3, 0.4) is 0 Å². The topological polar surface area (TPSA) is 29.5 Å². The summed E-state index contributed by atoms with van der Waals surface area (Å²) in [4.78, 5) is 0. The molecule has 0 aliphatic carbocycles. The molecule has 108 valence electrons. The van der Waals surface area contributed by atoms with Gasteiger partial charge < -0.3 is 9.84 Å². The van der Waals surface area contributed by atoms with Gasteiger partial charge in [-0.2, -0.15) is 0 Å². The summed E-state index contributed by atoms with van der Waals surface area (Å²) < 4.78 is 32.7. The van der Waals surface area contributed by atoms with Crippen molar-refractivity contribution in [2.75, 3.05) is 6.61 Å². The third-order valence-electron chi connectivity index (χ3n) is 2.88. The first-order chi connectivity index (χ1) is 10.1. The molecule has 0 unspecified atom stereocenters. The van der Waals surface area contributed by atoms with Gasteiger partial charge in [-0.1, -0.05) is 30.0 Å². The fourth-order valence-corrected chi connectivity index (χ4v) is 1.79. The molecule has 4 heteroatoms. The summed E-state index contributed by atoms with van der Waals surface area (Å²) in [5.41, 5.74) is 1.34. The van der Waals surface area contributed by atoms with Crippen molar-refractivity contribution in [1.82, 2.24) is 0 Å². The summed E-state index contributed by atoms with van der Waals surface area (Å²) in [5.74, 6) is 4.19. The standard InChI is InChI=1S/C17H14F2O2/c1-12-4-2-6-16(17(12)19)21-11-13-7-8-15(18)14(10-13)5-3-9-20/h2,4,6-8,10,20H,9,11H2,1H3. The molecule has 0 bridgehead atoms. The molecule has 0 atom stereocenters. The van der Waals surface area contributed by atoms with Gasteiger partial charge >= 0.3 is 0 Å². The van der Waals surface area contributed by atoms with Crippen molar-refractivity contribution in [3.8, 4) is 17.6 Å². The van der Waals surface area contributed by atoms with E-state index in [0.717, 1.165) is 0 Å². The Morgan fingerprint density at radius 2 is 2.00 bits per heavy atom. The molecule has 0 heterocycles. The smallest absolute Gasteiger partial charge is 0.167 e. The fourth-order valence-electron chi connectivity index (χ4n) is 1.79. The van der Waals surface area contributed by atoms with E-state index in [0.29, 0.717) is 11.1 Å². The average molecular weight is 288 g/mol. The van der Waals surface area contributed by atoms with Crippen LogP contribution in [-0.4, -0.2) is 11.7 Å². The van der Waals surface area contributed by atoms with Crippen LogP contribution in [0.25, 0.3) is 0 Å². The Morgan fingerprint density at radius 3 is 2.76 bits per heavy atom. The third kappa shape index (κ3) is 3.80. The maximum Gasteiger partial charge on any atom is 0.167 e. The van der Waals surface area contributed by atoms with Crippen LogP contribution in [0.1, 0.15) is 16.7 Å². The van der Waals surface area contributed by atoms with Gasteiger partial charge in [0.25, 0.3) is 0 Å². The Morgan fingerprint density at radius 1 is 1.19 bits per heavy atom. The summed E-state index contributed by atoms with van der Waals surface area (Å²) in [7, 11) is 0. The van der Waals surface area contributed by atoms with Crippen LogP contribution in [-0.2, 0) is 6.61 Å². The molecular weight excluding hydrogens is 274 g/mol. The lowest BCUT2D eigenvalue weighted by molar-refractivity contribution is 0.289. The third-order valence-corrected chi connectivity index (χ3v) is 2.88. The summed E-state index contributed by atoms with van der Waals surface area (Å²) in [6.45, 7) is 1.42. The van der Waals surface area contributed by atoms with E-state index in [1.165, 1.54) is 12.1 Å². The van der Waals surface area contributed by atoms with Crippen molar-refractivity contribution < 1.29 is 18.6 Å². The molecule has 2 aromatic carbocycles. The van der Waals surface area contributed by atoms with Gasteiger partial charge in [0, 0.05) is 0 Å². The molecule has 0 radical (unpaired) electrons. The molecule has 2 nitrogen and oxygen atoms in total. The summed E-state index contributed by atoms with van der Waals surface area (Å²) >= 11 is 0. The van der Waals surface area contributed by atoms with Crippen molar-refractivity contribution >= 4 is 0 Å². The fraction of sp³-hybridized carbons (Fsp3) is 0.176. The van der Waals surface area contributed by atoms with Gasteiger partial charge in [0.2, 0.25) is 0 Å². The van der Waals surface area contributed by atoms with Crippen LogP contribution in [0.4, 0.5) is 8.78 Å². The van der Waals surface area contributed by atoms with E-state index in [1.807, 2.05) is 0 Å². The van der Waals surface area contributed by atoms with E-state index in [-0.39, 0.29) is 24.5 Å². The second kappa shape index (κ2) is 6.87. The minimum atomic E-state index is -0.471. The maximum atomic E-state index is 13.8. The quantitative estimate of drug-likeness (QED) is 0.879. The molecule has 1 N–H and O–H groups in total. The number of benzene rings is 2. The highest BCUT2D eigenvalue weighted by Crippen LogP contribution is 2.21. The van der Waals surface area contributed by atoms with Crippen molar-refractivity contribution in [1.29, 1.82) is 0 Å². The van der Waals surface area contributed by atoms with Gasteiger partial charge in [-0.15, -0.1) is 0 Å². The summed E-state index contributed by atoms with van der Waals surface area (Å²) in [6, 6.07) is 9.24. The molecular formula is C17H14F2O2. The molecule has 0 saturated carbocycles. The Kier molecular flexibility index (Phi) is 4.91. The normalized spacial score (nSPS) is 9.90. The first-order valence-electron chi connectivity index (χ1n) is 6.38. The van der Waals surface area contributed by atoms with E-state index in [2.05, 4.69) is 11.8 Å². The van der Waals surface area contributed by atoms with Crippen LogP contribution >= 0.6 is 0 Å². The van der Waals surface area contributed by atoms with Gasteiger partial charge in [0.05, 0.1) is 5.56 Å². The van der Waals surface area contributed by atoms with Crippen molar-refractivity contribution in [3.63, 3.8) is 0 Å². The minimum absolute atomic E-state index is 0.106. The second-order valence-electron chi connectivity index (χ2n) is 4.45. The predicted molar refractivity (Wildman–Crippen MR) is 75.8 cm³/mol. The summed E-state index contributed by atoms with van der Waals surface area (Å²) in [6.07, 6.45) is 0. The molecule has 0 aliphatic rings. The highest BCUT2D eigenvalue weighted by atomic mass is 19.1. The number of hydrogen-bond acceptors (Lipinski definition) is 2. The zero-order chi connectivity index (χ0) is 15.2. The zero-order valence-electron chi connectivity index (χ0n) is 11.5. The van der Waals surface area contributed by atoms with Crippen molar-refractivity contribution in [2.24, 2.45) is 0 Å². The number of halogens is 2. The zero-order valence-corrected chi connectivity index (χ0v) is 11.5. The number of aliphatic hydroxyl groups is 1. The van der Waals surface area contributed by atoms with Crippen LogP contribution in [0.2, 0.25) is 0 Å². The molecule has 21 heavy (non-hydrogen) atoms. The summed E-state index contributed by atoms with van der Waals surface area (Å²) in [5, 5.41) is 8.63. The lowest BCUT2D eigenvalue weighted by Crippen LogP contribution is -1.99. The molecule has 0 aliphatic heterocycles. The lowest BCUT2D eigenvalue weighted by Gasteiger charge is -2.09. The van der Waals surface area contributed by atoms with E-state index in [9.17, 15) is 8.78 Å². The average Bonchev–Trinajstić information content (AvgIpc) is 2.49. The van der Waals surface area contributed by atoms with E-state index in [4.69, 9.17) is 9.84 Å². The Labute approximate surface area is 122 Å². The highest BCUT2D eigenvalue weighted by Gasteiger charge is 2.07. The molecule has 0 aromatic heterocycles.